The average molecular weight is 290 g/mol. The minimum atomic E-state index is -0.281. The van der Waals surface area contributed by atoms with Crippen LogP contribution in [0.15, 0.2) is 40.3 Å². The zero-order valence-corrected chi connectivity index (χ0v) is 11.7. The van der Waals surface area contributed by atoms with Crippen LogP contribution in [-0.4, -0.2) is 10.9 Å². The van der Waals surface area contributed by atoms with Gasteiger partial charge in [-0.2, -0.15) is 0 Å². The van der Waals surface area contributed by atoms with Crippen molar-refractivity contribution in [1.29, 1.82) is 0 Å². The Morgan fingerprint density at radius 1 is 1.37 bits per heavy atom. The molecule has 0 spiro atoms. The molecule has 0 unspecified atom stereocenters. The molecule has 0 aliphatic carbocycles. The average Bonchev–Trinajstić information content (AvgIpc) is 3.09. The fourth-order valence-corrected chi connectivity index (χ4v) is 3.32. The monoisotopic (exact) mass is 290 g/mol. The highest BCUT2D eigenvalue weighted by Gasteiger charge is 2.14. The molecular formula is C13H10N2O2S2. The summed E-state index contributed by atoms with van der Waals surface area (Å²) < 4.78 is 5.04. The van der Waals surface area contributed by atoms with Gasteiger partial charge in [-0.25, -0.2) is 4.98 Å². The van der Waals surface area contributed by atoms with E-state index < -0.39 is 0 Å². The number of hydrogen-bond donors (Lipinski definition) is 1. The zero-order valence-electron chi connectivity index (χ0n) is 10.0. The van der Waals surface area contributed by atoms with Gasteiger partial charge < -0.3 is 4.42 Å². The summed E-state index contributed by atoms with van der Waals surface area (Å²) in [5.74, 6) is 0.00186. The van der Waals surface area contributed by atoms with E-state index in [9.17, 15) is 4.79 Å². The molecular weight excluding hydrogens is 280 g/mol. The fourth-order valence-electron chi connectivity index (χ4n) is 1.66. The summed E-state index contributed by atoms with van der Waals surface area (Å²) in [5, 5.41) is 5.34. The van der Waals surface area contributed by atoms with Crippen LogP contribution in [0.2, 0.25) is 0 Å². The van der Waals surface area contributed by atoms with Crippen molar-refractivity contribution in [2.45, 2.75) is 6.92 Å². The van der Waals surface area contributed by atoms with Crippen LogP contribution in [0.25, 0.3) is 10.6 Å². The molecule has 96 valence electrons. The molecule has 0 aliphatic rings. The molecule has 0 saturated heterocycles. The third kappa shape index (κ3) is 2.45. The Hall–Kier alpha value is -1.92. The summed E-state index contributed by atoms with van der Waals surface area (Å²) in [6, 6.07) is 7.31. The number of aryl methyl sites for hydroxylation is 1. The van der Waals surface area contributed by atoms with Gasteiger partial charge in [-0.15, -0.1) is 22.7 Å². The lowest BCUT2D eigenvalue weighted by Gasteiger charge is -1.96. The number of hydrogen-bond acceptors (Lipinski definition) is 5. The van der Waals surface area contributed by atoms with Crippen molar-refractivity contribution in [3.05, 3.63) is 46.5 Å². The number of thiophene rings is 1. The van der Waals surface area contributed by atoms with Gasteiger partial charge in [-0.1, -0.05) is 6.07 Å². The third-order valence-electron chi connectivity index (χ3n) is 2.52. The maximum Gasteiger partial charge on any atom is 0.293 e. The molecule has 3 rings (SSSR count). The van der Waals surface area contributed by atoms with Crippen molar-refractivity contribution in [2.75, 3.05) is 5.32 Å². The Morgan fingerprint density at radius 3 is 2.95 bits per heavy atom. The molecule has 3 heterocycles. The van der Waals surface area contributed by atoms with E-state index in [2.05, 4.69) is 10.3 Å². The topological polar surface area (TPSA) is 55.1 Å². The Bertz CT molecular complexity index is 684. The van der Waals surface area contributed by atoms with Gasteiger partial charge in [0.25, 0.3) is 5.91 Å². The van der Waals surface area contributed by atoms with E-state index in [0.29, 0.717) is 5.13 Å². The maximum absolute atomic E-state index is 11.8. The summed E-state index contributed by atoms with van der Waals surface area (Å²) >= 11 is 3.09. The first-order valence-electron chi connectivity index (χ1n) is 5.60. The van der Waals surface area contributed by atoms with Crippen LogP contribution in [-0.2, 0) is 0 Å². The second kappa shape index (κ2) is 4.99. The standard InChI is InChI=1S/C13H10N2O2S2/c1-8-11(10-5-3-7-18-10)14-13(19-8)15-12(16)9-4-2-6-17-9/h2-7H,1H3,(H,14,15,16). The van der Waals surface area contributed by atoms with Gasteiger partial charge in [-0.3, -0.25) is 10.1 Å². The SMILES string of the molecule is Cc1sc(NC(=O)c2ccco2)nc1-c1cccs1. The van der Waals surface area contributed by atoms with Gasteiger partial charge in [-0.05, 0) is 30.5 Å². The van der Waals surface area contributed by atoms with Crippen molar-refractivity contribution in [3.8, 4) is 10.6 Å². The number of nitrogens with one attached hydrogen (secondary N) is 1. The predicted octanol–water partition coefficient (Wildman–Crippen LogP) is 4.03. The number of thiazole rings is 1. The molecule has 6 heteroatoms. The summed E-state index contributed by atoms with van der Waals surface area (Å²) in [7, 11) is 0. The lowest BCUT2D eigenvalue weighted by Crippen LogP contribution is -2.10. The molecule has 3 aromatic heterocycles. The minimum absolute atomic E-state index is 0.281. The number of carbonyl (C=O) groups is 1. The van der Waals surface area contributed by atoms with Crippen LogP contribution in [0, 0.1) is 6.92 Å². The van der Waals surface area contributed by atoms with E-state index in [1.165, 1.54) is 17.6 Å². The Kier molecular flexibility index (Phi) is 3.18. The Balaban J connectivity index is 1.83. The molecule has 0 radical (unpaired) electrons. The van der Waals surface area contributed by atoms with Gasteiger partial charge in [0.05, 0.1) is 16.8 Å². The van der Waals surface area contributed by atoms with E-state index in [-0.39, 0.29) is 11.7 Å². The molecule has 0 fully saturated rings. The second-order valence-electron chi connectivity index (χ2n) is 3.83. The second-order valence-corrected chi connectivity index (χ2v) is 5.98. The third-order valence-corrected chi connectivity index (χ3v) is 4.28. The lowest BCUT2D eigenvalue weighted by molar-refractivity contribution is 0.0996. The smallest absolute Gasteiger partial charge is 0.293 e. The number of aromatic nitrogens is 1. The number of nitrogens with zero attached hydrogens (tertiary/aromatic N) is 1. The first kappa shape index (κ1) is 12.1. The lowest BCUT2D eigenvalue weighted by atomic mass is 10.3. The molecule has 0 aliphatic heterocycles. The van der Waals surface area contributed by atoms with Crippen LogP contribution in [0.5, 0.6) is 0 Å². The number of anilines is 1. The summed E-state index contributed by atoms with van der Waals surface area (Å²) in [5.41, 5.74) is 0.926. The van der Waals surface area contributed by atoms with Crippen LogP contribution >= 0.6 is 22.7 Å². The van der Waals surface area contributed by atoms with E-state index in [0.717, 1.165) is 15.4 Å². The van der Waals surface area contributed by atoms with Crippen molar-refractivity contribution < 1.29 is 9.21 Å². The maximum atomic E-state index is 11.8. The zero-order chi connectivity index (χ0) is 13.2. The molecule has 0 aromatic carbocycles. The predicted molar refractivity (Wildman–Crippen MR) is 76.8 cm³/mol. The Morgan fingerprint density at radius 2 is 2.26 bits per heavy atom. The van der Waals surface area contributed by atoms with Crippen molar-refractivity contribution in [3.63, 3.8) is 0 Å². The van der Waals surface area contributed by atoms with Gasteiger partial charge in [0, 0.05) is 4.88 Å². The van der Waals surface area contributed by atoms with Crippen molar-refractivity contribution in [2.24, 2.45) is 0 Å². The molecule has 0 bridgehead atoms. The van der Waals surface area contributed by atoms with Crippen LogP contribution in [0.3, 0.4) is 0 Å². The fraction of sp³-hybridized carbons (Fsp3) is 0.0769. The quantitative estimate of drug-likeness (QED) is 0.792. The van der Waals surface area contributed by atoms with Gasteiger partial charge in [0.15, 0.2) is 10.9 Å². The minimum Gasteiger partial charge on any atom is -0.459 e. The number of amides is 1. The molecule has 1 amide bonds. The molecule has 3 aromatic rings. The highest BCUT2D eigenvalue weighted by atomic mass is 32.1. The first-order valence-corrected chi connectivity index (χ1v) is 7.30. The molecule has 19 heavy (non-hydrogen) atoms. The Labute approximate surface area is 117 Å². The summed E-state index contributed by atoms with van der Waals surface area (Å²) in [6.45, 7) is 2.00. The highest BCUT2D eigenvalue weighted by molar-refractivity contribution is 7.17. The van der Waals surface area contributed by atoms with E-state index >= 15 is 0 Å². The van der Waals surface area contributed by atoms with Crippen molar-refractivity contribution in [1.82, 2.24) is 4.98 Å². The van der Waals surface area contributed by atoms with Crippen LogP contribution < -0.4 is 5.32 Å². The molecule has 0 atom stereocenters. The van der Waals surface area contributed by atoms with E-state index in [1.54, 1.807) is 23.5 Å². The normalized spacial score (nSPS) is 10.6. The van der Waals surface area contributed by atoms with E-state index in [1.807, 2.05) is 24.4 Å². The largest absolute Gasteiger partial charge is 0.459 e. The van der Waals surface area contributed by atoms with Crippen LogP contribution in [0.4, 0.5) is 5.13 Å². The van der Waals surface area contributed by atoms with Gasteiger partial charge in [0.2, 0.25) is 0 Å². The van der Waals surface area contributed by atoms with Crippen molar-refractivity contribution >= 4 is 33.7 Å². The summed E-state index contributed by atoms with van der Waals surface area (Å²) in [6.07, 6.45) is 1.47. The molecule has 1 N–H and O–H groups in total. The first-order chi connectivity index (χ1) is 9.24. The highest BCUT2D eigenvalue weighted by Crippen LogP contribution is 2.33. The molecule has 0 saturated carbocycles. The summed E-state index contributed by atoms with van der Waals surface area (Å²) in [4.78, 5) is 18.5. The number of rotatable bonds is 3. The van der Waals surface area contributed by atoms with E-state index in [4.69, 9.17) is 4.42 Å². The van der Waals surface area contributed by atoms with Gasteiger partial charge >= 0.3 is 0 Å². The van der Waals surface area contributed by atoms with Crippen LogP contribution in [0.1, 0.15) is 15.4 Å². The van der Waals surface area contributed by atoms with Gasteiger partial charge in [0.1, 0.15) is 0 Å². The number of furan rings is 1. The number of carbonyl (C=O) groups excluding carboxylic acids is 1. The molecule has 4 nitrogen and oxygen atoms in total.